The highest BCUT2D eigenvalue weighted by atomic mass is 35.5. The molecule has 1 unspecified atom stereocenters. The van der Waals surface area contributed by atoms with Crippen LogP contribution in [0.5, 0.6) is 0 Å². The van der Waals surface area contributed by atoms with E-state index in [-0.39, 0.29) is 36.1 Å². The summed E-state index contributed by atoms with van der Waals surface area (Å²) in [6, 6.07) is 18.2. The summed E-state index contributed by atoms with van der Waals surface area (Å²) in [5, 5.41) is 4.60. The lowest BCUT2D eigenvalue weighted by molar-refractivity contribution is 0.0553. The zero-order valence-corrected chi connectivity index (χ0v) is 18.5. The average Bonchev–Trinajstić information content (AvgIpc) is 3.20. The van der Waals surface area contributed by atoms with E-state index in [4.69, 9.17) is 0 Å². The fourth-order valence-corrected chi connectivity index (χ4v) is 4.88. The molecule has 2 fully saturated rings. The van der Waals surface area contributed by atoms with Crippen molar-refractivity contribution in [3.8, 4) is 11.1 Å². The summed E-state index contributed by atoms with van der Waals surface area (Å²) in [5.41, 5.74) is 4.23. The van der Waals surface area contributed by atoms with Gasteiger partial charge in [-0.05, 0) is 61.2 Å². The third kappa shape index (κ3) is 4.18. The lowest BCUT2D eigenvalue weighted by atomic mass is 9.79. The van der Waals surface area contributed by atoms with E-state index < -0.39 is 0 Å². The van der Waals surface area contributed by atoms with Gasteiger partial charge in [0.15, 0.2) is 0 Å². The van der Waals surface area contributed by atoms with Gasteiger partial charge in [0.2, 0.25) is 0 Å². The zero-order valence-electron chi connectivity index (χ0n) is 16.8. The largest absolute Gasteiger partial charge is 0.338 e. The van der Waals surface area contributed by atoms with Crippen LogP contribution in [-0.4, -0.2) is 42.0 Å². The molecule has 1 N–H and O–H groups in total. The number of pyridine rings is 1. The maximum absolute atomic E-state index is 13.3. The normalized spacial score (nSPS) is 20.6. The number of carbonyl (C=O) groups is 1. The van der Waals surface area contributed by atoms with Crippen molar-refractivity contribution in [1.29, 1.82) is 0 Å². The molecule has 1 aromatic heterocycles. The molecule has 30 heavy (non-hydrogen) atoms. The van der Waals surface area contributed by atoms with Crippen LogP contribution in [0.25, 0.3) is 22.0 Å². The molecule has 0 radical (unpaired) electrons. The van der Waals surface area contributed by atoms with Crippen LogP contribution >= 0.6 is 24.8 Å². The summed E-state index contributed by atoms with van der Waals surface area (Å²) < 4.78 is 0. The third-order valence-corrected chi connectivity index (χ3v) is 6.35. The van der Waals surface area contributed by atoms with Crippen molar-refractivity contribution in [2.45, 2.75) is 19.3 Å². The van der Waals surface area contributed by atoms with Crippen molar-refractivity contribution in [3.05, 3.63) is 66.4 Å². The molecule has 158 valence electrons. The van der Waals surface area contributed by atoms with Crippen LogP contribution in [0.2, 0.25) is 0 Å². The number of carbonyl (C=O) groups excluding carboxylic acids is 1. The van der Waals surface area contributed by atoms with E-state index in [9.17, 15) is 4.79 Å². The maximum Gasteiger partial charge on any atom is 0.253 e. The second-order valence-corrected chi connectivity index (χ2v) is 8.21. The number of piperidine rings is 1. The molecular formula is C24H27Cl2N3O. The first-order valence-corrected chi connectivity index (χ1v) is 10.2. The van der Waals surface area contributed by atoms with Gasteiger partial charge in [0.05, 0.1) is 5.52 Å². The number of fused-ring (bicyclic) bond motifs is 1. The first-order chi connectivity index (χ1) is 13.7. The van der Waals surface area contributed by atoms with E-state index >= 15 is 0 Å². The number of halogens is 2. The second-order valence-electron chi connectivity index (χ2n) is 8.21. The Morgan fingerprint density at radius 2 is 1.90 bits per heavy atom. The summed E-state index contributed by atoms with van der Waals surface area (Å²) in [4.78, 5) is 19.8. The maximum atomic E-state index is 13.3. The summed E-state index contributed by atoms with van der Waals surface area (Å²) in [6.07, 6.45) is 5.35. The molecule has 0 aliphatic carbocycles. The standard InChI is InChI=1S/C24H25N3O.2ClH/c28-23(27-14-4-10-24(17-27)11-13-25-16-24)19-6-3-5-18(15-19)20-9-12-26-22-8-2-1-7-21(20)22;;/h1-3,5-9,12,15,25H,4,10-11,13-14,16-17H2;2*1H. The summed E-state index contributed by atoms with van der Waals surface area (Å²) in [5.74, 6) is 0.159. The Morgan fingerprint density at radius 1 is 1.03 bits per heavy atom. The van der Waals surface area contributed by atoms with Crippen molar-refractivity contribution in [2.24, 2.45) is 5.41 Å². The monoisotopic (exact) mass is 443 g/mol. The van der Waals surface area contributed by atoms with Crippen molar-refractivity contribution in [2.75, 3.05) is 26.2 Å². The predicted molar refractivity (Wildman–Crippen MR) is 127 cm³/mol. The van der Waals surface area contributed by atoms with Crippen molar-refractivity contribution >= 4 is 41.6 Å². The number of likely N-dealkylation sites (tertiary alicyclic amines) is 1. The quantitative estimate of drug-likeness (QED) is 0.608. The number of benzene rings is 2. The molecule has 4 nitrogen and oxygen atoms in total. The molecule has 3 heterocycles. The lowest BCUT2D eigenvalue weighted by Crippen LogP contribution is -2.47. The van der Waals surface area contributed by atoms with Crippen molar-refractivity contribution in [1.82, 2.24) is 15.2 Å². The van der Waals surface area contributed by atoms with Crippen LogP contribution in [0.4, 0.5) is 0 Å². The molecule has 2 aliphatic rings. The topological polar surface area (TPSA) is 45.2 Å². The van der Waals surface area contributed by atoms with Gasteiger partial charge in [-0.2, -0.15) is 0 Å². The smallest absolute Gasteiger partial charge is 0.253 e. The highest BCUT2D eigenvalue weighted by Crippen LogP contribution is 2.36. The van der Waals surface area contributed by atoms with Gasteiger partial charge in [-0.1, -0.05) is 30.3 Å². The number of hydrogen-bond acceptors (Lipinski definition) is 3. The Bertz CT molecular complexity index is 1030. The Kier molecular flexibility index (Phi) is 7.02. The molecule has 1 amide bonds. The van der Waals surface area contributed by atoms with Crippen LogP contribution in [0.3, 0.4) is 0 Å². The highest BCUT2D eigenvalue weighted by Gasteiger charge is 2.39. The van der Waals surface area contributed by atoms with Gasteiger partial charge < -0.3 is 10.2 Å². The zero-order chi connectivity index (χ0) is 19.0. The Labute approximate surface area is 189 Å². The van der Waals surface area contributed by atoms with E-state index in [1.807, 2.05) is 48.7 Å². The number of aromatic nitrogens is 1. The van der Waals surface area contributed by atoms with Crippen molar-refractivity contribution in [3.63, 3.8) is 0 Å². The summed E-state index contributed by atoms with van der Waals surface area (Å²) in [6.45, 7) is 3.86. The molecule has 1 spiro atoms. The molecule has 2 saturated heterocycles. The number of hydrogen-bond donors (Lipinski definition) is 1. The molecule has 2 aromatic carbocycles. The Morgan fingerprint density at radius 3 is 2.73 bits per heavy atom. The van der Waals surface area contributed by atoms with Crippen LogP contribution in [0, 0.1) is 5.41 Å². The van der Waals surface area contributed by atoms with Crippen LogP contribution in [0.1, 0.15) is 29.6 Å². The Hall–Kier alpha value is -2.14. The van der Waals surface area contributed by atoms with Gasteiger partial charge in [-0.3, -0.25) is 9.78 Å². The fraction of sp³-hybridized carbons (Fsp3) is 0.333. The average molecular weight is 444 g/mol. The van der Waals surface area contributed by atoms with Gasteiger partial charge in [-0.25, -0.2) is 0 Å². The predicted octanol–water partition coefficient (Wildman–Crippen LogP) is 4.96. The van der Waals surface area contributed by atoms with Crippen LogP contribution < -0.4 is 5.32 Å². The minimum Gasteiger partial charge on any atom is -0.338 e. The molecule has 3 aromatic rings. The third-order valence-electron chi connectivity index (χ3n) is 6.35. The molecule has 0 saturated carbocycles. The minimum atomic E-state index is 0. The SMILES string of the molecule is Cl.Cl.O=C(c1cccc(-c2ccnc3ccccc23)c1)N1CCCC2(CCNC2)C1. The molecular weight excluding hydrogens is 417 g/mol. The number of nitrogens with zero attached hydrogens (tertiary/aromatic N) is 2. The van der Waals surface area contributed by atoms with E-state index in [0.717, 1.165) is 60.2 Å². The van der Waals surface area contributed by atoms with Gasteiger partial charge in [0, 0.05) is 42.2 Å². The number of amides is 1. The molecule has 0 bridgehead atoms. The minimum absolute atomic E-state index is 0. The van der Waals surface area contributed by atoms with Gasteiger partial charge in [0.1, 0.15) is 0 Å². The molecule has 1 atom stereocenters. The van der Waals surface area contributed by atoms with Gasteiger partial charge in [0.25, 0.3) is 5.91 Å². The first kappa shape index (κ1) is 22.5. The second kappa shape index (κ2) is 9.34. The van der Waals surface area contributed by atoms with E-state index in [2.05, 4.69) is 27.3 Å². The van der Waals surface area contributed by atoms with Crippen LogP contribution in [0.15, 0.2) is 60.8 Å². The van der Waals surface area contributed by atoms with Gasteiger partial charge in [-0.15, -0.1) is 24.8 Å². The molecule has 2 aliphatic heterocycles. The first-order valence-electron chi connectivity index (χ1n) is 10.2. The molecule has 6 heteroatoms. The van der Waals surface area contributed by atoms with Gasteiger partial charge >= 0.3 is 0 Å². The summed E-state index contributed by atoms with van der Waals surface area (Å²) in [7, 11) is 0. The highest BCUT2D eigenvalue weighted by molar-refractivity contribution is 5.98. The number of nitrogens with one attached hydrogen (secondary N) is 1. The van der Waals surface area contributed by atoms with Crippen LogP contribution in [-0.2, 0) is 0 Å². The number of rotatable bonds is 2. The summed E-state index contributed by atoms with van der Waals surface area (Å²) >= 11 is 0. The molecule has 5 rings (SSSR count). The van der Waals surface area contributed by atoms with Crippen molar-refractivity contribution < 1.29 is 4.79 Å². The Balaban J connectivity index is 0.00000128. The van der Waals surface area contributed by atoms with E-state index in [1.165, 1.54) is 12.8 Å². The number of para-hydroxylation sites is 1. The van der Waals surface area contributed by atoms with E-state index in [1.54, 1.807) is 0 Å². The fourth-order valence-electron chi connectivity index (χ4n) is 4.88. The lowest BCUT2D eigenvalue weighted by Gasteiger charge is -2.40. The van der Waals surface area contributed by atoms with E-state index in [0.29, 0.717) is 0 Å².